The van der Waals surface area contributed by atoms with Crippen LogP contribution in [0.2, 0.25) is 0 Å². The number of nitrogens with zero attached hydrogens (tertiary/aromatic N) is 1. The molecule has 6 nitrogen and oxygen atoms in total. The van der Waals surface area contributed by atoms with Crippen LogP contribution < -0.4 is 5.32 Å². The van der Waals surface area contributed by atoms with Crippen molar-refractivity contribution < 1.29 is 17.9 Å². The summed E-state index contributed by atoms with van der Waals surface area (Å²) in [6, 6.07) is 14.8. The molecule has 2 aromatic rings. The lowest BCUT2D eigenvalue weighted by atomic mass is 10.0. The maximum absolute atomic E-state index is 12.9. The van der Waals surface area contributed by atoms with E-state index in [-0.39, 0.29) is 17.7 Å². The SMILES string of the molecule is Cc1ccc([C@@H](CN2CCOCC2)NC(=O)c2ccc(CS(C)(=O)=O)cc2)cc1. The predicted molar refractivity (Wildman–Crippen MR) is 114 cm³/mol. The Hall–Kier alpha value is -2.22. The second-order valence-corrected chi connectivity index (χ2v) is 9.76. The third kappa shape index (κ3) is 6.66. The zero-order chi connectivity index (χ0) is 20.9. The largest absolute Gasteiger partial charge is 0.379 e. The summed E-state index contributed by atoms with van der Waals surface area (Å²) >= 11 is 0. The van der Waals surface area contributed by atoms with Crippen LogP contribution in [-0.2, 0) is 20.3 Å². The van der Waals surface area contributed by atoms with Crippen molar-refractivity contribution in [1.29, 1.82) is 0 Å². The quantitative estimate of drug-likeness (QED) is 0.750. The van der Waals surface area contributed by atoms with Gasteiger partial charge in [-0.15, -0.1) is 0 Å². The standard InChI is InChI=1S/C22H28N2O4S/c1-17-3-7-19(8-4-17)21(15-24-11-13-28-14-12-24)23-22(25)20-9-5-18(6-10-20)16-29(2,26)27/h3-10,21H,11-16H2,1-2H3,(H,23,25)/t21-/m1/s1. The van der Waals surface area contributed by atoms with Crippen molar-refractivity contribution in [3.05, 3.63) is 70.8 Å². The lowest BCUT2D eigenvalue weighted by Crippen LogP contribution is -2.43. The lowest BCUT2D eigenvalue weighted by molar-refractivity contribution is 0.0332. The molecule has 1 N–H and O–H groups in total. The first-order valence-electron chi connectivity index (χ1n) is 9.74. The fourth-order valence-electron chi connectivity index (χ4n) is 3.37. The molecule has 0 spiro atoms. The molecule has 0 bridgehead atoms. The molecule has 1 aliphatic rings. The monoisotopic (exact) mass is 416 g/mol. The summed E-state index contributed by atoms with van der Waals surface area (Å²) in [4.78, 5) is 15.2. The number of hydrogen-bond acceptors (Lipinski definition) is 5. The van der Waals surface area contributed by atoms with Crippen molar-refractivity contribution in [1.82, 2.24) is 10.2 Å². The number of nitrogens with one attached hydrogen (secondary N) is 1. The van der Waals surface area contributed by atoms with Crippen LogP contribution in [0.1, 0.15) is 33.1 Å². The highest BCUT2D eigenvalue weighted by molar-refractivity contribution is 7.89. The Kier molecular flexibility index (Phi) is 7.05. The number of rotatable bonds is 7. The van der Waals surface area contributed by atoms with Gasteiger partial charge in [-0.2, -0.15) is 0 Å². The Morgan fingerprint density at radius 1 is 1.07 bits per heavy atom. The summed E-state index contributed by atoms with van der Waals surface area (Å²) < 4.78 is 28.3. The number of carbonyl (C=O) groups excluding carboxylic acids is 1. The average molecular weight is 417 g/mol. The second kappa shape index (κ2) is 9.52. The number of sulfone groups is 1. The van der Waals surface area contributed by atoms with Gasteiger partial charge in [0.15, 0.2) is 9.84 Å². The zero-order valence-corrected chi connectivity index (χ0v) is 17.7. The molecule has 1 amide bonds. The summed E-state index contributed by atoms with van der Waals surface area (Å²) in [5.41, 5.74) is 3.42. The number of benzene rings is 2. The van der Waals surface area contributed by atoms with Gasteiger partial charge in [-0.25, -0.2) is 8.42 Å². The topological polar surface area (TPSA) is 75.7 Å². The van der Waals surface area contributed by atoms with Crippen LogP contribution in [0, 0.1) is 6.92 Å². The molecule has 3 rings (SSSR count). The van der Waals surface area contributed by atoms with E-state index in [1.807, 2.05) is 19.1 Å². The van der Waals surface area contributed by atoms with E-state index in [9.17, 15) is 13.2 Å². The van der Waals surface area contributed by atoms with Crippen LogP contribution in [-0.4, -0.2) is 58.3 Å². The minimum atomic E-state index is -3.10. The van der Waals surface area contributed by atoms with E-state index in [1.165, 1.54) is 11.8 Å². The highest BCUT2D eigenvalue weighted by Crippen LogP contribution is 2.18. The predicted octanol–water partition coefficient (Wildman–Crippen LogP) is 2.34. The number of hydrogen-bond donors (Lipinski definition) is 1. The smallest absolute Gasteiger partial charge is 0.251 e. The van der Waals surface area contributed by atoms with Crippen LogP contribution in [0.25, 0.3) is 0 Å². The molecule has 7 heteroatoms. The van der Waals surface area contributed by atoms with Crippen LogP contribution in [0.4, 0.5) is 0 Å². The first kappa shape index (κ1) is 21.5. The molecule has 0 radical (unpaired) electrons. The molecule has 156 valence electrons. The van der Waals surface area contributed by atoms with Crippen molar-refractivity contribution in [3.8, 4) is 0 Å². The number of amides is 1. The van der Waals surface area contributed by atoms with Crippen molar-refractivity contribution in [2.24, 2.45) is 0 Å². The Labute approximate surface area is 172 Å². The zero-order valence-electron chi connectivity index (χ0n) is 16.9. The van der Waals surface area contributed by atoms with Crippen LogP contribution in [0.3, 0.4) is 0 Å². The Morgan fingerprint density at radius 2 is 1.69 bits per heavy atom. The van der Waals surface area contributed by atoms with Gasteiger partial charge in [-0.3, -0.25) is 9.69 Å². The number of ether oxygens (including phenoxy) is 1. The van der Waals surface area contributed by atoms with E-state index in [0.717, 1.165) is 18.7 Å². The molecule has 1 atom stereocenters. The molecular formula is C22H28N2O4S. The minimum Gasteiger partial charge on any atom is -0.379 e. The molecule has 0 aromatic heterocycles. The number of morpholine rings is 1. The minimum absolute atomic E-state index is 0.0298. The van der Waals surface area contributed by atoms with E-state index in [1.54, 1.807) is 24.3 Å². The molecule has 1 fully saturated rings. The van der Waals surface area contributed by atoms with Gasteiger partial charge < -0.3 is 10.1 Å². The maximum Gasteiger partial charge on any atom is 0.251 e. The fourth-order valence-corrected chi connectivity index (χ4v) is 4.17. The van der Waals surface area contributed by atoms with Gasteiger partial charge in [-0.1, -0.05) is 42.0 Å². The number of aryl methyl sites for hydroxylation is 1. The molecule has 0 unspecified atom stereocenters. The molecule has 0 aliphatic carbocycles. The van der Waals surface area contributed by atoms with E-state index in [4.69, 9.17) is 4.74 Å². The van der Waals surface area contributed by atoms with Gasteiger partial charge in [0.25, 0.3) is 5.91 Å². The van der Waals surface area contributed by atoms with Crippen LogP contribution in [0.5, 0.6) is 0 Å². The first-order chi connectivity index (χ1) is 13.8. The van der Waals surface area contributed by atoms with Crippen molar-refractivity contribution >= 4 is 15.7 Å². The Balaban J connectivity index is 1.73. The van der Waals surface area contributed by atoms with Gasteiger partial charge >= 0.3 is 0 Å². The number of carbonyl (C=O) groups is 1. The lowest BCUT2D eigenvalue weighted by Gasteiger charge is -2.31. The van der Waals surface area contributed by atoms with Crippen molar-refractivity contribution in [2.45, 2.75) is 18.7 Å². The Morgan fingerprint density at radius 3 is 2.28 bits per heavy atom. The van der Waals surface area contributed by atoms with E-state index in [2.05, 4.69) is 22.3 Å². The van der Waals surface area contributed by atoms with Crippen LogP contribution >= 0.6 is 0 Å². The van der Waals surface area contributed by atoms with Gasteiger partial charge in [0.1, 0.15) is 0 Å². The summed E-state index contributed by atoms with van der Waals surface area (Å²) in [5.74, 6) is -0.201. The molecular weight excluding hydrogens is 388 g/mol. The van der Waals surface area contributed by atoms with E-state index in [0.29, 0.717) is 30.9 Å². The molecule has 29 heavy (non-hydrogen) atoms. The van der Waals surface area contributed by atoms with E-state index >= 15 is 0 Å². The summed E-state index contributed by atoms with van der Waals surface area (Å²) in [7, 11) is -3.10. The molecule has 1 saturated heterocycles. The molecule has 0 saturated carbocycles. The Bertz CT molecular complexity index is 918. The van der Waals surface area contributed by atoms with Gasteiger partial charge in [0.2, 0.25) is 0 Å². The molecule has 1 aliphatic heterocycles. The summed E-state index contributed by atoms with van der Waals surface area (Å²) in [5, 5.41) is 3.14. The molecule has 1 heterocycles. The fraction of sp³-hybridized carbons (Fsp3) is 0.409. The highest BCUT2D eigenvalue weighted by Gasteiger charge is 2.21. The summed E-state index contributed by atoms with van der Waals surface area (Å²) in [6.07, 6.45) is 1.20. The van der Waals surface area contributed by atoms with Gasteiger partial charge in [0, 0.05) is 31.5 Å². The second-order valence-electron chi connectivity index (χ2n) is 7.62. The van der Waals surface area contributed by atoms with Gasteiger partial charge in [0.05, 0.1) is 25.0 Å². The third-order valence-electron chi connectivity index (χ3n) is 4.97. The molecule has 2 aromatic carbocycles. The van der Waals surface area contributed by atoms with Gasteiger partial charge in [-0.05, 0) is 30.2 Å². The maximum atomic E-state index is 12.9. The van der Waals surface area contributed by atoms with E-state index < -0.39 is 9.84 Å². The highest BCUT2D eigenvalue weighted by atomic mass is 32.2. The average Bonchev–Trinajstić information content (AvgIpc) is 2.68. The van der Waals surface area contributed by atoms with Crippen LogP contribution in [0.15, 0.2) is 48.5 Å². The third-order valence-corrected chi connectivity index (χ3v) is 5.83. The van der Waals surface area contributed by atoms with Crippen molar-refractivity contribution in [3.63, 3.8) is 0 Å². The summed E-state index contributed by atoms with van der Waals surface area (Å²) in [6.45, 7) is 5.85. The van der Waals surface area contributed by atoms with Crippen molar-refractivity contribution in [2.75, 3.05) is 39.1 Å². The normalized spacial score (nSPS) is 16.3. The first-order valence-corrected chi connectivity index (χ1v) is 11.8.